The first-order chi connectivity index (χ1) is 9.97. The Balaban J connectivity index is 1.97. The monoisotopic (exact) mass is 354 g/mol. The molecule has 0 saturated carbocycles. The van der Waals surface area contributed by atoms with Crippen LogP contribution in [0.4, 0.5) is 5.82 Å². The van der Waals surface area contributed by atoms with E-state index in [1.807, 2.05) is 6.20 Å². The van der Waals surface area contributed by atoms with Crippen LogP contribution in [0, 0.1) is 12.8 Å². The molecule has 0 aromatic carbocycles. The third kappa shape index (κ3) is 4.66. The molecule has 0 aliphatic carbocycles. The number of anilines is 1. The fraction of sp³-hybridized carbons (Fsp3) is 0.688. The van der Waals surface area contributed by atoms with Gasteiger partial charge in [0.15, 0.2) is 0 Å². The van der Waals surface area contributed by atoms with E-state index in [1.165, 1.54) is 5.56 Å². The zero-order chi connectivity index (χ0) is 15.4. The lowest BCUT2D eigenvalue weighted by atomic mass is 10.0. The lowest BCUT2D eigenvalue weighted by Gasteiger charge is -2.40. The smallest absolute Gasteiger partial charge is 0.140 e. The highest BCUT2D eigenvalue weighted by Gasteiger charge is 2.24. The number of aromatic nitrogens is 1. The predicted octanol–water partition coefficient (Wildman–Crippen LogP) is 2.84. The molecule has 1 unspecified atom stereocenters. The summed E-state index contributed by atoms with van der Waals surface area (Å²) in [6.45, 7) is 12.3. The number of nitrogens with zero attached hydrogens (tertiary/aromatic N) is 3. The maximum absolute atomic E-state index is 4.48. The van der Waals surface area contributed by atoms with Crippen LogP contribution in [0.5, 0.6) is 0 Å². The molecule has 118 valence electrons. The van der Waals surface area contributed by atoms with Crippen molar-refractivity contribution in [3.05, 3.63) is 22.3 Å². The molecule has 2 rings (SSSR count). The van der Waals surface area contributed by atoms with E-state index < -0.39 is 0 Å². The second-order valence-electron chi connectivity index (χ2n) is 6.37. The SMILES string of the molecule is Cc1cnc(NCC(C(C)C)N2CCN(C)CC2)c(Br)c1. The summed E-state index contributed by atoms with van der Waals surface area (Å²) in [4.78, 5) is 9.49. The Morgan fingerprint density at radius 2 is 1.95 bits per heavy atom. The molecule has 2 heterocycles. The van der Waals surface area contributed by atoms with Gasteiger partial charge in [-0.05, 0) is 47.4 Å². The van der Waals surface area contributed by atoms with Gasteiger partial charge >= 0.3 is 0 Å². The summed E-state index contributed by atoms with van der Waals surface area (Å²) < 4.78 is 1.04. The van der Waals surface area contributed by atoms with Crippen LogP contribution in [-0.2, 0) is 0 Å². The van der Waals surface area contributed by atoms with Crippen LogP contribution in [-0.4, -0.2) is 60.6 Å². The van der Waals surface area contributed by atoms with E-state index in [1.54, 1.807) is 0 Å². The fourth-order valence-corrected chi connectivity index (χ4v) is 3.41. The van der Waals surface area contributed by atoms with Gasteiger partial charge in [0.25, 0.3) is 0 Å². The third-order valence-electron chi connectivity index (χ3n) is 4.23. The van der Waals surface area contributed by atoms with Crippen molar-refractivity contribution in [2.75, 3.05) is 45.1 Å². The number of nitrogens with one attached hydrogen (secondary N) is 1. The molecule has 0 bridgehead atoms. The molecule has 1 N–H and O–H groups in total. The molecule has 1 saturated heterocycles. The molecule has 1 fully saturated rings. The van der Waals surface area contributed by atoms with Gasteiger partial charge in [-0.15, -0.1) is 0 Å². The molecule has 1 aliphatic rings. The Kier molecular flexibility index (Phi) is 6.02. The van der Waals surface area contributed by atoms with Crippen molar-refractivity contribution in [2.24, 2.45) is 5.92 Å². The van der Waals surface area contributed by atoms with Crippen molar-refractivity contribution in [1.82, 2.24) is 14.8 Å². The molecule has 5 heteroatoms. The summed E-state index contributed by atoms with van der Waals surface area (Å²) in [5, 5.41) is 3.52. The molecule has 0 spiro atoms. The van der Waals surface area contributed by atoms with Crippen LogP contribution in [0.1, 0.15) is 19.4 Å². The van der Waals surface area contributed by atoms with Crippen LogP contribution in [0.15, 0.2) is 16.7 Å². The molecule has 0 radical (unpaired) electrons. The zero-order valence-corrected chi connectivity index (χ0v) is 15.2. The van der Waals surface area contributed by atoms with Gasteiger partial charge in [0, 0.05) is 45.0 Å². The van der Waals surface area contributed by atoms with E-state index in [2.05, 4.69) is 69.9 Å². The number of hydrogen-bond donors (Lipinski definition) is 1. The normalized spacial score (nSPS) is 19.0. The van der Waals surface area contributed by atoms with Gasteiger partial charge in [-0.3, -0.25) is 4.90 Å². The van der Waals surface area contributed by atoms with Gasteiger partial charge in [-0.1, -0.05) is 13.8 Å². The van der Waals surface area contributed by atoms with Crippen LogP contribution in [0.3, 0.4) is 0 Å². The summed E-state index contributed by atoms with van der Waals surface area (Å²) in [7, 11) is 2.20. The summed E-state index contributed by atoms with van der Waals surface area (Å²) >= 11 is 3.59. The molecule has 1 aromatic rings. The number of piperazine rings is 1. The van der Waals surface area contributed by atoms with Crippen molar-refractivity contribution >= 4 is 21.7 Å². The summed E-state index contributed by atoms with van der Waals surface area (Å²) in [5.74, 6) is 1.57. The van der Waals surface area contributed by atoms with E-state index in [4.69, 9.17) is 0 Å². The van der Waals surface area contributed by atoms with Crippen LogP contribution >= 0.6 is 15.9 Å². The van der Waals surface area contributed by atoms with Gasteiger partial charge in [0.1, 0.15) is 5.82 Å². The lowest BCUT2D eigenvalue weighted by molar-refractivity contribution is 0.0944. The highest BCUT2D eigenvalue weighted by Crippen LogP contribution is 2.21. The van der Waals surface area contributed by atoms with E-state index >= 15 is 0 Å². The summed E-state index contributed by atoms with van der Waals surface area (Å²) in [6.07, 6.45) is 1.91. The lowest BCUT2D eigenvalue weighted by Crippen LogP contribution is -2.52. The van der Waals surface area contributed by atoms with E-state index in [0.717, 1.165) is 43.0 Å². The van der Waals surface area contributed by atoms with E-state index in [0.29, 0.717) is 12.0 Å². The Labute approximate surface area is 137 Å². The van der Waals surface area contributed by atoms with Crippen molar-refractivity contribution in [1.29, 1.82) is 0 Å². The Morgan fingerprint density at radius 1 is 1.29 bits per heavy atom. The number of hydrogen-bond acceptors (Lipinski definition) is 4. The maximum Gasteiger partial charge on any atom is 0.140 e. The van der Waals surface area contributed by atoms with Crippen LogP contribution in [0.2, 0.25) is 0 Å². The quantitative estimate of drug-likeness (QED) is 0.880. The number of aryl methyl sites for hydroxylation is 1. The largest absolute Gasteiger partial charge is 0.368 e. The maximum atomic E-state index is 4.48. The molecular weight excluding hydrogens is 328 g/mol. The third-order valence-corrected chi connectivity index (χ3v) is 4.84. The van der Waals surface area contributed by atoms with E-state index in [9.17, 15) is 0 Å². The second-order valence-corrected chi connectivity index (χ2v) is 7.23. The number of halogens is 1. The highest BCUT2D eigenvalue weighted by molar-refractivity contribution is 9.10. The van der Waals surface area contributed by atoms with Crippen molar-refractivity contribution in [2.45, 2.75) is 26.8 Å². The Morgan fingerprint density at radius 3 is 2.52 bits per heavy atom. The summed E-state index contributed by atoms with van der Waals surface area (Å²) in [6, 6.07) is 2.66. The second kappa shape index (κ2) is 7.56. The number of rotatable bonds is 5. The molecule has 21 heavy (non-hydrogen) atoms. The average Bonchev–Trinajstić information content (AvgIpc) is 2.42. The average molecular weight is 355 g/mol. The van der Waals surface area contributed by atoms with E-state index in [-0.39, 0.29) is 0 Å². The van der Waals surface area contributed by atoms with Crippen LogP contribution in [0.25, 0.3) is 0 Å². The van der Waals surface area contributed by atoms with Gasteiger partial charge < -0.3 is 10.2 Å². The minimum Gasteiger partial charge on any atom is -0.368 e. The molecule has 1 aliphatic heterocycles. The summed E-state index contributed by atoms with van der Waals surface area (Å²) in [5.41, 5.74) is 1.17. The first-order valence-electron chi connectivity index (χ1n) is 7.76. The molecule has 1 aromatic heterocycles. The minimum atomic E-state index is 0.550. The number of pyridine rings is 1. The molecular formula is C16H27BrN4. The molecule has 4 nitrogen and oxygen atoms in total. The first-order valence-corrected chi connectivity index (χ1v) is 8.55. The molecule has 0 amide bonds. The Bertz CT molecular complexity index is 456. The highest BCUT2D eigenvalue weighted by atomic mass is 79.9. The minimum absolute atomic E-state index is 0.550. The van der Waals surface area contributed by atoms with Crippen molar-refractivity contribution in [3.8, 4) is 0 Å². The Hall–Kier alpha value is -0.650. The van der Waals surface area contributed by atoms with Gasteiger partial charge in [0.05, 0.1) is 4.47 Å². The van der Waals surface area contributed by atoms with Gasteiger partial charge in [-0.2, -0.15) is 0 Å². The van der Waals surface area contributed by atoms with Gasteiger partial charge in [0.2, 0.25) is 0 Å². The fourth-order valence-electron chi connectivity index (χ4n) is 2.80. The van der Waals surface area contributed by atoms with Crippen molar-refractivity contribution < 1.29 is 0 Å². The first kappa shape index (κ1) is 16.7. The predicted molar refractivity (Wildman–Crippen MR) is 92.9 cm³/mol. The number of likely N-dealkylation sites (N-methyl/N-ethyl adjacent to an activating group) is 1. The zero-order valence-electron chi connectivity index (χ0n) is 13.6. The van der Waals surface area contributed by atoms with Crippen molar-refractivity contribution in [3.63, 3.8) is 0 Å². The van der Waals surface area contributed by atoms with Gasteiger partial charge in [-0.25, -0.2) is 4.98 Å². The van der Waals surface area contributed by atoms with Crippen LogP contribution < -0.4 is 5.32 Å². The topological polar surface area (TPSA) is 31.4 Å². The standard InChI is InChI=1S/C16H27BrN4/c1-12(2)15(21-7-5-20(4)6-8-21)11-19-16-14(17)9-13(3)10-18-16/h9-10,12,15H,5-8,11H2,1-4H3,(H,18,19). The molecule has 1 atom stereocenters.